The van der Waals surface area contributed by atoms with Gasteiger partial charge in [-0.25, -0.2) is 24.6 Å². The molecule has 0 amide bonds. The first-order chi connectivity index (χ1) is 14.2. The van der Waals surface area contributed by atoms with Gasteiger partial charge >= 0.3 is 0 Å². The highest BCUT2D eigenvalue weighted by atomic mass is 19.1. The molecule has 4 heterocycles. The molecule has 1 aromatic carbocycles. The molecule has 0 unspecified atom stereocenters. The topological polar surface area (TPSA) is 84.7 Å². The number of benzene rings is 1. The van der Waals surface area contributed by atoms with Gasteiger partial charge in [-0.2, -0.15) is 9.49 Å². The lowest BCUT2D eigenvalue weighted by Crippen LogP contribution is -2.34. The van der Waals surface area contributed by atoms with Crippen molar-refractivity contribution in [3.63, 3.8) is 0 Å². The molecule has 0 saturated carbocycles. The number of nitrogens with one attached hydrogen (secondary N) is 1. The van der Waals surface area contributed by atoms with Gasteiger partial charge < -0.3 is 5.32 Å². The third-order valence-electron chi connectivity index (χ3n) is 5.18. The fraction of sp³-hybridized carbons (Fsp3) is 0.250. The number of nitrogens with zero attached hydrogens (tertiary/aromatic N) is 7. The van der Waals surface area contributed by atoms with E-state index in [1.807, 2.05) is 10.7 Å². The van der Waals surface area contributed by atoms with Gasteiger partial charge in [-0.15, -0.1) is 0 Å². The molecule has 8 nitrogen and oxygen atoms in total. The van der Waals surface area contributed by atoms with Crippen LogP contribution in [-0.4, -0.2) is 41.2 Å². The standard InChI is InChI=1S/C20H19FN8/c1-13-6-15(27-20-16-7-18(21)22-8-17(16)23-11-25-20)3-2-14(13)9-28-4-5-29-19(10-28)24-12-26-29/h2-3,6-8,11-12H,4-5,9-10H2,1H3,(H,23,25,27). The van der Waals surface area contributed by atoms with Crippen LogP contribution in [0.1, 0.15) is 17.0 Å². The van der Waals surface area contributed by atoms with Crippen molar-refractivity contribution in [2.24, 2.45) is 0 Å². The molecule has 0 spiro atoms. The Morgan fingerprint density at radius 3 is 2.90 bits per heavy atom. The molecule has 1 aliphatic rings. The molecule has 4 aromatic rings. The third-order valence-corrected chi connectivity index (χ3v) is 5.18. The summed E-state index contributed by atoms with van der Waals surface area (Å²) in [4.78, 5) is 18.7. The van der Waals surface area contributed by atoms with Gasteiger partial charge in [0.05, 0.1) is 24.8 Å². The molecule has 5 rings (SSSR count). The average Bonchev–Trinajstić information content (AvgIpc) is 3.18. The van der Waals surface area contributed by atoms with Crippen LogP contribution in [0.25, 0.3) is 10.9 Å². The van der Waals surface area contributed by atoms with E-state index in [0.717, 1.165) is 37.7 Å². The van der Waals surface area contributed by atoms with E-state index in [1.165, 1.54) is 29.7 Å². The molecular weight excluding hydrogens is 371 g/mol. The first-order valence-electron chi connectivity index (χ1n) is 9.37. The van der Waals surface area contributed by atoms with Crippen molar-refractivity contribution in [1.82, 2.24) is 34.6 Å². The van der Waals surface area contributed by atoms with Crippen LogP contribution in [0.2, 0.25) is 0 Å². The van der Waals surface area contributed by atoms with Gasteiger partial charge in [0, 0.05) is 30.2 Å². The Hall–Kier alpha value is -3.46. The second-order valence-corrected chi connectivity index (χ2v) is 7.12. The van der Waals surface area contributed by atoms with Crippen molar-refractivity contribution in [3.05, 3.63) is 66.0 Å². The molecular formula is C20H19FN8. The molecule has 0 atom stereocenters. The van der Waals surface area contributed by atoms with Crippen molar-refractivity contribution < 1.29 is 4.39 Å². The third kappa shape index (κ3) is 3.52. The van der Waals surface area contributed by atoms with Gasteiger partial charge in [0.1, 0.15) is 24.3 Å². The molecule has 0 aliphatic carbocycles. The SMILES string of the molecule is Cc1cc(Nc2ncnc3cnc(F)cc23)ccc1CN1CCn2ncnc2C1. The first kappa shape index (κ1) is 17.6. The van der Waals surface area contributed by atoms with Gasteiger partial charge in [-0.1, -0.05) is 6.07 Å². The summed E-state index contributed by atoms with van der Waals surface area (Å²) in [5, 5.41) is 8.10. The largest absolute Gasteiger partial charge is 0.340 e. The second kappa shape index (κ2) is 7.17. The fourth-order valence-electron chi connectivity index (χ4n) is 3.61. The Kier molecular flexibility index (Phi) is 4.36. The molecule has 0 radical (unpaired) electrons. The molecule has 1 aliphatic heterocycles. The Morgan fingerprint density at radius 2 is 2.00 bits per heavy atom. The molecule has 0 bridgehead atoms. The minimum atomic E-state index is -0.556. The van der Waals surface area contributed by atoms with E-state index < -0.39 is 5.95 Å². The zero-order valence-corrected chi connectivity index (χ0v) is 15.9. The molecule has 29 heavy (non-hydrogen) atoms. The molecule has 146 valence electrons. The van der Waals surface area contributed by atoms with E-state index in [0.29, 0.717) is 16.7 Å². The molecule has 9 heteroatoms. The highest BCUT2D eigenvalue weighted by molar-refractivity contribution is 5.89. The zero-order chi connectivity index (χ0) is 19.8. The number of aromatic nitrogens is 6. The number of fused-ring (bicyclic) bond motifs is 2. The van der Waals surface area contributed by atoms with E-state index in [9.17, 15) is 4.39 Å². The van der Waals surface area contributed by atoms with E-state index in [-0.39, 0.29) is 0 Å². The highest BCUT2D eigenvalue weighted by Gasteiger charge is 2.18. The summed E-state index contributed by atoms with van der Waals surface area (Å²) in [5.74, 6) is 1.00. The predicted octanol–water partition coefficient (Wildman–Crippen LogP) is 2.82. The minimum Gasteiger partial charge on any atom is -0.340 e. The van der Waals surface area contributed by atoms with Gasteiger partial charge in [0.15, 0.2) is 0 Å². The number of hydrogen-bond acceptors (Lipinski definition) is 7. The van der Waals surface area contributed by atoms with Crippen LogP contribution in [0.4, 0.5) is 15.9 Å². The van der Waals surface area contributed by atoms with Gasteiger partial charge in [0.25, 0.3) is 0 Å². The summed E-state index contributed by atoms with van der Waals surface area (Å²) < 4.78 is 15.5. The lowest BCUT2D eigenvalue weighted by Gasteiger charge is -2.27. The Balaban J connectivity index is 1.35. The van der Waals surface area contributed by atoms with Crippen LogP contribution in [-0.2, 0) is 19.6 Å². The van der Waals surface area contributed by atoms with Crippen LogP contribution in [0, 0.1) is 12.9 Å². The van der Waals surface area contributed by atoms with Crippen molar-refractivity contribution in [2.45, 2.75) is 26.6 Å². The predicted molar refractivity (Wildman–Crippen MR) is 106 cm³/mol. The smallest absolute Gasteiger partial charge is 0.213 e. The zero-order valence-electron chi connectivity index (χ0n) is 15.9. The van der Waals surface area contributed by atoms with Crippen LogP contribution in [0.5, 0.6) is 0 Å². The molecule has 0 fully saturated rings. The van der Waals surface area contributed by atoms with Gasteiger partial charge in [-0.05, 0) is 30.2 Å². The maximum atomic E-state index is 13.6. The molecule has 3 aromatic heterocycles. The number of pyridine rings is 1. The van der Waals surface area contributed by atoms with Gasteiger partial charge in [-0.3, -0.25) is 4.90 Å². The van der Waals surface area contributed by atoms with Crippen LogP contribution in [0.15, 0.2) is 43.1 Å². The summed E-state index contributed by atoms with van der Waals surface area (Å²) in [6, 6.07) is 7.55. The maximum Gasteiger partial charge on any atom is 0.213 e. The fourth-order valence-corrected chi connectivity index (χ4v) is 3.61. The summed E-state index contributed by atoms with van der Waals surface area (Å²) in [5.41, 5.74) is 3.91. The number of aryl methyl sites for hydroxylation is 1. The van der Waals surface area contributed by atoms with Crippen LogP contribution < -0.4 is 5.32 Å². The Labute approximate surface area is 166 Å². The Bertz CT molecular complexity index is 1190. The first-order valence-corrected chi connectivity index (χ1v) is 9.37. The van der Waals surface area contributed by atoms with Gasteiger partial charge in [0.2, 0.25) is 5.95 Å². The number of hydrogen-bond donors (Lipinski definition) is 1. The van der Waals surface area contributed by atoms with E-state index in [4.69, 9.17) is 0 Å². The van der Waals surface area contributed by atoms with Crippen molar-refractivity contribution in [3.8, 4) is 0 Å². The Morgan fingerprint density at radius 1 is 1.07 bits per heavy atom. The van der Waals surface area contributed by atoms with Crippen molar-refractivity contribution in [2.75, 3.05) is 11.9 Å². The summed E-state index contributed by atoms with van der Waals surface area (Å²) >= 11 is 0. The highest BCUT2D eigenvalue weighted by Crippen LogP contribution is 2.25. The molecule has 0 saturated heterocycles. The normalized spacial score (nSPS) is 14.1. The van der Waals surface area contributed by atoms with Crippen molar-refractivity contribution >= 4 is 22.4 Å². The summed E-state index contributed by atoms with van der Waals surface area (Å²) in [6.45, 7) is 5.55. The average molecular weight is 390 g/mol. The lowest BCUT2D eigenvalue weighted by atomic mass is 10.1. The monoisotopic (exact) mass is 390 g/mol. The lowest BCUT2D eigenvalue weighted by molar-refractivity contribution is 0.201. The summed E-state index contributed by atoms with van der Waals surface area (Å²) in [7, 11) is 0. The maximum absolute atomic E-state index is 13.6. The minimum absolute atomic E-state index is 0.554. The van der Waals surface area contributed by atoms with E-state index >= 15 is 0 Å². The summed E-state index contributed by atoms with van der Waals surface area (Å²) in [6.07, 6.45) is 4.47. The van der Waals surface area contributed by atoms with E-state index in [2.05, 4.69) is 54.3 Å². The number of anilines is 2. The van der Waals surface area contributed by atoms with Crippen LogP contribution in [0.3, 0.4) is 0 Å². The number of halogens is 1. The van der Waals surface area contributed by atoms with Crippen molar-refractivity contribution in [1.29, 1.82) is 0 Å². The quantitative estimate of drug-likeness (QED) is 0.536. The van der Waals surface area contributed by atoms with E-state index in [1.54, 1.807) is 6.33 Å². The molecule has 1 N–H and O–H groups in total. The number of rotatable bonds is 4. The second-order valence-electron chi connectivity index (χ2n) is 7.12. The van der Waals surface area contributed by atoms with Crippen LogP contribution >= 0.6 is 0 Å².